The van der Waals surface area contributed by atoms with Crippen LogP contribution in [0.1, 0.15) is 0 Å². The fourth-order valence-corrected chi connectivity index (χ4v) is 0. The molecule has 0 aliphatic rings. The van der Waals surface area contributed by atoms with Crippen molar-refractivity contribution in [1.29, 1.82) is 0 Å². The highest BCUT2D eigenvalue weighted by atomic mass is 35.5. The largest absolute Gasteiger partial charge is 0.289 e. The number of alkyl halides is 1. The lowest BCUT2D eigenvalue weighted by molar-refractivity contribution is 0.560. The van der Waals surface area contributed by atoms with Crippen LogP contribution in [-0.4, -0.2) is 12.2 Å². The predicted molar refractivity (Wildman–Crippen MR) is 23.7 cm³/mol. The fraction of sp³-hybridized carbons (Fsp3) is 0.500. The van der Waals surface area contributed by atoms with Gasteiger partial charge in [-0.1, -0.05) is 0 Å². The Labute approximate surface area is 41.7 Å². The van der Waals surface area contributed by atoms with Crippen molar-refractivity contribution in [3.63, 3.8) is 0 Å². The van der Waals surface area contributed by atoms with Gasteiger partial charge in [0.05, 0.1) is 5.88 Å². The highest BCUT2D eigenvalue weighted by molar-refractivity contribution is 6.24. The summed E-state index contributed by atoms with van der Waals surface area (Å²) in [6.45, 7) is 0. The van der Waals surface area contributed by atoms with Gasteiger partial charge in [0.15, 0.2) is 0 Å². The molecule has 0 rings (SSSR count). The average molecular weight is 114 g/mol. The lowest BCUT2D eigenvalue weighted by atomic mass is 10.9. The van der Waals surface area contributed by atoms with E-state index in [1.807, 2.05) is 0 Å². The van der Waals surface area contributed by atoms with Gasteiger partial charge in [0.1, 0.15) is 0 Å². The van der Waals surface area contributed by atoms with Crippen molar-refractivity contribution >= 4 is 30.3 Å². The summed E-state index contributed by atoms with van der Waals surface area (Å²) in [6.07, 6.45) is 1.45. The molecule has 0 atom stereocenters. The molecule has 0 bridgehead atoms. The first-order valence-electron chi connectivity index (χ1n) is 0.825. The van der Waals surface area contributed by atoms with Gasteiger partial charge in [-0.25, -0.2) is 0 Å². The molecule has 0 N–H and O–H groups in total. The Bertz CT molecular complexity index is 21.6. The summed E-state index contributed by atoms with van der Waals surface area (Å²) in [4.78, 5) is 8.92. The molecular formula is C2H3Cl2O. The highest BCUT2D eigenvalue weighted by Crippen LogP contribution is 1.57. The van der Waals surface area contributed by atoms with Crippen molar-refractivity contribution < 1.29 is 4.79 Å². The zero-order valence-electron chi connectivity index (χ0n) is 2.40. The number of hydrogen-bond donors (Lipinski definition) is 0. The van der Waals surface area contributed by atoms with E-state index < -0.39 is 0 Å². The summed E-state index contributed by atoms with van der Waals surface area (Å²) in [5.41, 5.74) is 0. The third-order valence-corrected chi connectivity index (χ3v) is 0.164. The van der Waals surface area contributed by atoms with Crippen LogP contribution in [0.5, 0.6) is 0 Å². The molecule has 0 aliphatic carbocycles. The minimum Gasteiger partial charge on any atom is -0.289 e. The van der Waals surface area contributed by atoms with Gasteiger partial charge >= 0.3 is 0 Å². The van der Waals surface area contributed by atoms with Gasteiger partial charge in [0, 0.05) is 0 Å². The maximum absolute atomic E-state index is 8.92. The third-order valence-electron chi connectivity index (χ3n) is 0.0546. The molecule has 0 aromatic heterocycles. The van der Waals surface area contributed by atoms with Crippen LogP contribution in [0.4, 0.5) is 0 Å². The van der Waals surface area contributed by atoms with Crippen molar-refractivity contribution in [3.8, 4) is 0 Å². The zero-order chi connectivity index (χ0) is 3.41. The maximum Gasteiger partial charge on any atom is 0.214 e. The Hall–Kier alpha value is 0.250. The normalized spacial score (nSPS) is 5.00. The van der Waals surface area contributed by atoms with Gasteiger partial charge in [-0.2, -0.15) is 0 Å². The molecule has 0 spiro atoms. The summed E-state index contributed by atoms with van der Waals surface area (Å²) >= 11 is 4.76. The second-order valence-corrected chi connectivity index (χ2v) is 0.545. The van der Waals surface area contributed by atoms with E-state index in [1.165, 1.54) is 6.29 Å². The number of halogens is 2. The molecule has 5 heavy (non-hydrogen) atoms. The van der Waals surface area contributed by atoms with Gasteiger partial charge < -0.3 is 0 Å². The maximum atomic E-state index is 8.92. The standard InChI is InChI=1S/C2H2ClO.ClH/c3-1-2-4;/h1H2;1H. The van der Waals surface area contributed by atoms with Crippen molar-refractivity contribution in [2.45, 2.75) is 0 Å². The Morgan fingerprint density at radius 3 is 2.00 bits per heavy atom. The first kappa shape index (κ1) is 8.98. The van der Waals surface area contributed by atoms with Crippen molar-refractivity contribution in [2.24, 2.45) is 0 Å². The Morgan fingerprint density at radius 2 is 2.00 bits per heavy atom. The van der Waals surface area contributed by atoms with E-state index in [0.717, 1.165) is 0 Å². The molecular weight excluding hydrogens is 111 g/mol. The quantitative estimate of drug-likeness (QED) is 0.460. The lowest BCUT2D eigenvalue weighted by Gasteiger charge is -1.46. The fourth-order valence-electron chi connectivity index (χ4n) is 0. The Kier molecular flexibility index (Phi) is 15.9. The SMILES string of the molecule is Cl.O=[C]CCl. The van der Waals surface area contributed by atoms with E-state index in [0.29, 0.717) is 0 Å². The number of rotatable bonds is 1. The van der Waals surface area contributed by atoms with Crippen molar-refractivity contribution in [1.82, 2.24) is 0 Å². The molecule has 1 radical (unpaired) electrons. The smallest absolute Gasteiger partial charge is 0.214 e. The third kappa shape index (κ3) is 13.8. The van der Waals surface area contributed by atoms with E-state index >= 15 is 0 Å². The molecule has 0 aliphatic heterocycles. The molecule has 0 saturated carbocycles. The van der Waals surface area contributed by atoms with Crippen LogP contribution in [0, 0.1) is 0 Å². The molecule has 1 nitrogen and oxygen atoms in total. The monoisotopic (exact) mass is 113 g/mol. The molecule has 0 amide bonds. The van der Waals surface area contributed by atoms with Gasteiger partial charge in [0.25, 0.3) is 0 Å². The molecule has 0 unspecified atom stereocenters. The first-order chi connectivity index (χ1) is 1.91. The summed E-state index contributed by atoms with van der Waals surface area (Å²) in [5.74, 6) is -0.0139. The van der Waals surface area contributed by atoms with Crippen LogP contribution in [0.25, 0.3) is 0 Å². The zero-order valence-corrected chi connectivity index (χ0v) is 3.97. The van der Waals surface area contributed by atoms with E-state index in [9.17, 15) is 0 Å². The van der Waals surface area contributed by atoms with Crippen LogP contribution >= 0.6 is 24.0 Å². The molecule has 0 aromatic rings. The average Bonchev–Trinajstić information content (AvgIpc) is 1.37. The second kappa shape index (κ2) is 8.87. The highest BCUT2D eigenvalue weighted by Gasteiger charge is 1.58. The van der Waals surface area contributed by atoms with E-state index in [4.69, 9.17) is 16.4 Å². The van der Waals surface area contributed by atoms with Gasteiger partial charge in [-0.15, -0.1) is 24.0 Å². The summed E-state index contributed by atoms with van der Waals surface area (Å²) in [6, 6.07) is 0. The van der Waals surface area contributed by atoms with Crippen molar-refractivity contribution in [3.05, 3.63) is 0 Å². The Morgan fingerprint density at radius 1 is 1.80 bits per heavy atom. The molecule has 3 heteroatoms. The molecule has 0 heterocycles. The van der Waals surface area contributed by atoms with E-state index in [-0.39, 0.29) is 18.3 Å². The summed E-state index contributed by atoms with van der Waals surface area (Å²) in [5, 5.41) is 0. The van der Waals surface area contributed by atoms with Gasteiger partial charge in [-0.3, -0.25) is 4.79 Å². The molecule has 0 saturated heterocycles. The van der Waals surface area contributed by atoms with E-state index in [1.54, 1.807) is 0 Å². The first-order valence-corrected chi connectivity index (χ1v) is 1.36. The summed E-state index contributed by atoms with van der Waals surface area (Å²) in [7, 11) is 0. The van der Waals surface area contributed by atoms with E-state index in [2.05, 4.69) is 0 Å². The van der Waals surface area contributed by atoms with Crippen LogP contribution in [-0.2, 0) is 4.79 Å². The number of carbonyl (C=O) groups excluding carboxylic acids is 1. The van der Waals surface area contributed by atoms with Crippen LogP contribution in [0.2, 0.25) is 0 Å². The second-order valence-electron chi connectivity index (χ2n) is 0.278. The molecule has 0 fully saturated rings. The van der Waals surface area contributed by atoms with Crippen LogP contribution in [0.3, 0.4) is 0 Å². The Balaban J connectivity index is 0. The predicted octanol–water partition coefficient (Wildman–Crippen LogP) is 0.757. The topological polar surface area (TPSA) is 17.1 Å². The minimum atomic E-state index is -0.0139. The lowest BCUT2D eigenvalue weighted by Crippen LogP contribution is -1.62. The minimum absolute atomic E-state index is 0. The summed E-state index contributed by atoms with van der Waals surface area (Å²) < 4.78 is 0. The van der Waals surface area contributed by atoms with Crippen molar-refractivity contribution in [2.75, 3.05) is 5.88 Å². The van der Waals surface area contributed by atoms with Gasteiger partial charge in [0.2, 0.25) is 6.29 Å². The van der Waals surface area contributed by atoms with Gasteiger partial charge in [-0.05, 0) is 0 Å². The molecule has 31 valence electrons. The van der Waals surface area contributed by atoms with Crippen LogP contribution in [0.15, 0.2) is 0 Å². The number of hydrogen-bond acceptors (Lipinski definition) is 1. The van der Waals surface area contributed by atoms with Crippen LogP contribution < -0.4 is 0 Å². The molecule has 0 aromatic carbocycles.